The molecule has 132 valence electrons. The maximum absolute atomic E-state index is 14.2. The lowest BCUT2D eigenvalue weighted by Crippen LogP contribution is -2.36. The molecule has 0 saturated heterocycles. The third-order valence-electron chi connectivity index (χ3n) is 3.86. The van der Waals surface area contributed by atoms with Crippen molar-refractivity contribution in [2.75, 3.05) is 5.32 Å². The number of halogens is 1. The summed E-state index contributed by atoms with van der Waals surface area (Å²) in [6.07, 6.45) is 3.59. The molecule has 1 aliphatic carbocycles. The van der Waals surface area contributed by atoms with Crippen LogP contribution >= 0.6 is 0 Å². The third-order valence-corrected chi connectivity index (χ3v) is 3.86. The monoisotopic (exact) mass is 343 g/mol. The van der Waals surface area contributed by atoms with Crippen LogP contribution in [0.2, 0.25) is 0 Å². The van der Waals surface area contributed by atoms with Gasteiger partial charge >= 0.3 is 6.03 Å². The van der Waals surface area contributed by atoms with Gasteiger partial charge in [-0.2, -0.15) is 0 Å². The number of rotatable bonds is 6. The molecule has 0 radical (unpaired) electrons. The second kappa shape index (κ2) is 7.51. The largest absolute Gasteiger partial charge is 0.491 e. The standard InChI is InChI=1S/C19H22FN3O2/c1-13(2)25-16-8-9-18(17(20)11-16)22-19(24)23(15-6-7-15)12-14-5-3-4-10-21-14/h3-5,8-11,13,15H,6-7,12H2,1-2H3,(H,22,24). The van der Waals surface area contributed by atoms with E-state index in [1.54, 1.807) is 17.2 Å². The van der Waals surface area contributed by atoms with Gasteiger partial charge in [0.1, 0.15) is 11.6 Å². The highest BCUT2D eigenvalue weighted by molar-refractivity contribution is 5.90. The second-order valence-corrected chi connectivity index (χ2v) is 6.42. The van der Waals surface area contributed by atoms with Crippen molar-refractivity contribution in [3.63, 3.8) is 0 Å². The number of ether oxygens (including phenoxy) is 1. The number of amides is 2. The molecule has 0 unspecified atom stereocenters. The molecule has 0 bridgehead atoms. The zero-order chi connectivity index (χ0) is 17.8. The fourth-order valence-corrected chi connectivity index (χ4v) is 2.55. The van der Waals surface area contributed by atoms with E-state index in [9.17, 15) is 9.18 Å². The van der Waals surface area contributed by atoms with Gasteiger partial charge in [-0.15, -0.1) is 0 Å². The van der Waals surface area contributed by atoms with Gasteiger partial charge in [0.05, 0.1) is 24.0 Å². The van der Waals surface area contributed by atoms with Crippen molar-refractivity contribution in [3.8, 4) is 5.75 Å². The van der Waals surface area contributed by atoms with E-state index < -0.39 is 5.82 Å². The van der Waals surface area contributed by atoms with Crippen molar-refractivity contribution >= 4 is 11.7 Å². The minimum atomic E-state index is -0.514. The van der Waals surface area contributed by atoms with Crippen LogP contribution in [0.4, 0.5) is 14.9 Å². The topological polar surface area (TPSA) is 54.5 Å². The first kappa shape index (κ1) is 17.2. The molecule has 3 rings (SSSR count). The molecule has 1 heterocycles. The Balaban J connectivity index is 1.69. The highest BCUT2D eigenvalue weighted by Crippen LogP contribution is 2.29. The Labute approximate surface area is 146 Å². The Bertz CT molecular complexity index is 733. The fraction of sp³-hybridized carbons (Fsp3) is 0.368. The first-order valence-electron chi connectivity index (χ1n) is 8.46. The smallest absolute Gasteiger partial charge is 0.322 e. The zero-order valence-corrected chi connectivity index (χ0v) is 14.4. The summed E-state index contributed by atoms with van der Waals surface area (Å²) >= 11 is 0. The molecule has 1 aromatic heterocycles. The van der Waals surface area contributed by atoms with Gasteiger partial charge in [0.25, 0.3) is 0 Å². The number of anilines is 1. The molecule has 1 aliphatic rings. The van der Waals surface area contributed by atoms with Crippen LogP contribution in [0.1, 0.15) is 32.4 Å². The third kappa shape index (κ3) is 4.68. The van der Waals surface area contributed by atoms with E-state index in [0.29, 0.717) is 12.3 Å². The Kier molecular flexibility index (Phi) is 5.16. The molecular weight excluding hydrogens is 321 g/mol. The van der Waals surface area contributed by atoms with Crippen molar-refractivity contribution in [2.45, 2.75) is 45.4 Å². The highest BCUT2D eigenvalue weighted by Gasteiger charge is 2.33. The number of benzene rings is 1. The number of carbonyl (C=O) groups excluding carboxylic acids is 1. The molecule has 1 aromatic carbocycles. The molecule has 6 heteroatoms. The van der Waals surface area contributed by atoms with E-state index in [-0.39, 0.29) is 23.9 Å². The highest BCUT2D eigenvalue weighted by atomic mass is 19.1. The lowest BCUT2D eigenvalue weighted by atomic mass is 10.2. The van der Waals surface area contributed by atoms with Gasteiger partial charge in [-0.1, -0.05) is 6.07 Å². The van der Waals surface area contributed by atoms with Crippen molar-refractivity contribution in [2.24, 2.45) is 0 Å². The summed E-state index contributed by atoms with van der Waals surface area (Å²) in [6, 6.07) is 9.94. The molecule has 0 spiro atoms. The van der Waals surface area contributed by atoms with Crippen molar-refractivity contribution in [1.29, 1.82) is 0 Å². The van der Waals surface area contributed by atoms with Gasteiger partial charge < -0.3 is 15.0 Å². The summed E-state index contributed by atoms with van der Waals surface area (Å²) in [5, 5.41) is 2.66. The van der Waals surface area contributed by atoms with Crippen molar-refractivity contribution < 1.29 is 13.9 Å². The maximum atomic E-state index is 14.2. The number of hydrogen-bond acceptors (Lipinski definition) is 3. The Morgan fingerprint density at radius 1 is 1.36 bits per heavy atom. The normalized spacial score (nSPS) is 13.6. The first-order valence-corrected chi connectivity index (χ1v) is 8.46. The molecule has 0 aliphatic heterocycles. The number of pyridine rings is 1. The molecule has 1 fully saturated rings. The van der Waals surface area contributed by atoms with E-state index in [0.717, 1.165) is 18.5 Å². The van der Waals surface area contributed by atoms with E-state index in [2.05, 4.69) is 10.3 Å². The summed E-state index contributed by atoms with van der Waals surface area (Å²) in [4.78, 5) is 18.6. The lowest BCUT2D eigenvalue weighted by molar-refractivity contribution is 0.205. The summed E-state index contributed by atoms with van der Waals surface area (Å²) < 4.78 is 19.7. The van der Waals surface area contributed by atoms with Gasteiger partial charge in [0, 0.05) is 18.3 Å². The number of aromatic nitrogens is 1. The zero-order valence-electron chi connectivity index (χ0n) is 14.4. The Hall–Kier alpha value is -2.63. The SMILES string of the molecule is CC(C)Oc1ccc(NC(=O)N(Cc2ccccn2)C2CC2)c(F)c1. The summed E-state index contributed by atoms with van der Waals surface area (Å²) in [5.74, 6) is -0.0712. The van der Waals surface area contributed by atoms with E-state index in [1.807, 2.05) is 32.0 Å². The van der Waals surface area contributed by atoms with Gasteiger partial charge in [0.15, 0.2) is 0 Å². The van der Waals surface area contributed by atoms with Crippen LogP contribution in [-0.4, -0.2) is 28.1 Å². The molecule has 2 aromatic rings. The van der Waals surface area contributed by atoms with Crippen LogP contribution in [0.5, 0.6) is 5.75 Å². The molecular formula is C19H22FN3O2. The molecule has 0 atom stereocenters. The predicted octanol–water partition coefficient (Wildman–Crippen LogP) is 4.20. The van der Waals surface area contributed by atoms with Crippen LogP contribution < -0.4 is 10.1 Å². The average Bonchev–Trinajstić information content (AvgIpc) is 3.40. The van der Waals surface area contributed by atoms with Crippen molar-refractivity contribution in [1.82, 2.24) is 9.88 Å². The fourth-order valence-electron chi connectivity index (χ4n) is 2.55. The van der Waals surface area contributed by atoms with Crippen LogP contribution in [0.25, 0.3) is 0 Å². The number of urea groups is 1. The van der Waals surface area contributed by atoms with Gasteiger partial charge in [-0.3, -0.25) is 4.98 Å². The summed E-state index contributed by atoms with van der Waals surface area (Å²) in [7, 11) is 0. The van der Waals surface area contributed by atoms with Crippen molar-refractivity contribution in [3.05, 3.63) is 54.1 Å². The second-order valence-electron chi connectivity index (χ2n) is 6.42. The van der Waals surface area contributed by atoms with E-state index in [4.69, 9.17) is 4.74 Å². The predicted molar refractivity (Wildman–Crippen MR) is 94.0 cm³/mol. The van der Waals surface area contributed by atoms with Crippen LogP contribution in [0.15, 0.2) is 42.6 Å². The van der Waals surface area contributed by atoms with Crippen LogP contribution in [0.3, 0.4) is 0 Å². The average molecular weight is 343 g/mol. The number of hydrogen-bond donors (Lipinski definition) is 1. The molecule has 1 N–H and O–H groups in total. The molecule has 2 amide bonds. The number of nitrogens with zero attached hydrogens (tertiary/aromatic N) is 2. The summed E-state index contributed by atoms with van der Waals surface area (Å²) in [5.41, 5.74) is 0.957. The Morgan fingerprint density at radius 2 is 2.16 bits per heavy atom. The minimum absolute atomic E-state index is 0.0384. The van der Waals surface area contributed by atoms with E-state index in [1.165, 1.54) is 12.1 Å². The van der Waals surface area contributed by atoms with Gasteiger partial charge in [-0.05, 0) is 51.0 Å². The molecule has 25 heavy (non-hydrogen) atoms. The maximum Gasteiger partial charge on any atom is 0.322 e. The molecule has 5 nitrogen and oxygen atoms in total. The Morgan fingerprint density at radius 3 is 2.76 bits per heavy atom. The van der Waals surface area contributed by atoms with E-state index >= 15 is 0 Å². The quantitative estimate of drug-likeness (QED) is 0.855. The minimum Gasteiger partial charge on any atom is -0.491 e. The first-order chi connectivity index (χ1) is 12.0. The van der Waals surface area contributed by atoms with Crippen LogP contribution in [0, 0.1) is 5.82 Å². The van der Waals surface area contributed by atoms with Crippen LogP contribution in [-0.2, 0) is 6.54 Å². The van der Waals surface area contributed by atoms with Gasteiger partial charge in [0.2, 0.25) is 0 Å². The number of carbonyl (C=O) groups is 1. The lowest BCUT2D eigenvalue weighted by Gasteiger charge is -2.22. The van der Waals surface area contributed by atoms with Gasteiger partial charge in [-0.25, -0.2) is 9.18 Å². The summed E-state index contributed by atoms with van der Waals surface area (Å²) in [6.45, 7) is 4.16. The molecule has 1 saturated carbocycles. The number of nitrogens with one attached hydrogen (secondary N) is 1.